The predicted molar refractivity (Wildman–Crippen MR) is 88.1 cm³/mol. The van der Waals surface area contributed by atoms with Crippen molar-refractivity contribution in [2.24, 2.45) is 5.41 Å². The van der Waals surface area contributed by atoms with Crippen LogP contribution in [-0.4, -0.2) is 37.0 Å². The lowest BCUT2D eigenvalue weighted by molar-refractivity contribution is 0.00615. The van der Waals surface area contributed by atoms with Gasteiger partial charge < -0.3 is 20.5 Å². The van der Waals surface area contributed by atoms with Crippen LogP contribution in [0.15, 0.2) is 30.3 Å². The summed E-state index contributed by atoms with van der Waals surface area (Å²) in [5.41, 5.74) is 1.12. The molecule has 0 radical (unpaired) electrons. The highest BCUT2D eigenvalue weighted by molar-refractivity contribution is 5.75. The first-order valence-electron chi connectivity index (χ1n) is 8.54. The predicted octanol–water partition coefficient (Wildman–Crippen LogP) is 2.37. The summed E-state index contributed by atoms with van der Waals surface area (Å²) in [4.78, 5) is 12.4. The van der Waals surface area contributed by atoms with Crippen LogP contribution in [0.5, 0.6) is 0 Å². The van der Waals surface area contributed by atoms with E-state index in [0.717, 1.165) is 44.5 Å². The Bertz CT molecular complexity index is 514. The van der Waals surface area contributed by atoms with Gasteiger partial charge >= 0.3 is 6.03 Å². The van der Waals surface area contributed by atoms with Crippen molar-refractivity contribution in [3.8, 4) is 0 Å². The molecular formula is C18H26N2O3. The lowest BCUT2D eigenvalue weighted by Gasteiger charge is -2.39. The largest absolute Gasteiger partial charge is 0.394 e. The topological polar surface area (TPSA) is 70.6 Å². The minimum Gasteiger partial charge on any atom is -0.394 e. The van der Waals surface area contributed by atoms with Gasteiger partial charge in [-0.15, -0.1) is 0 Å². The number of amides is 2. The van der Waals surface area contributed by atoms with Gasteiger partial charge in [0.15, 0.2) is 0 Å². The molecule has 1 saturated heterocycles. The average molecular weight is 318 g/mol. The maximum absolute atomic E-state index is 12.4. The first-order chi connectivity index (χ1) is 11.2. The monoisotopic (exact) mass is 318 g/mol. The minimum atomic E-state index is -0.372. The van der Waals surface area contributed by atoms with Crippen LogP contribution in [0, 0.1) is 5.41 Å². The van der Waals surface area contributed by atoms with Crippen LogP contribution in [0.25, 0.3) is 0 Å². The van der Waals surface area contributed by atoms with Gasteiger partial charge in [-0.1, -0.05) is 36.8 Å². The Morgan fingerprint density at radius 3 is 2.70 bits per heavy atom. The number of nitrogens with one attached hydrogen (secondary N) is 2. The molecule has 2 atom stereocenters. The SMILES string of the molecule is O=C(N[C@H]1CCCC12CCOCC2)N[C@H](CO)c1ccccc1. The van der Waals surface area contributed by atoms with E-state index in [0.29, 0.717) is 0 Å². The molecule has 2 aliphatic rings. The van der Waals surface area contributed by atoms with Gasteiger partial charge in [0, 0.05) is 19.3 Å². The lowest BCUT2D eigenvalue weighted by atomic mass is 9.75. The van der Waals surface area contributed by atoms with Gasteiger partial charge in [-0.25, -0.2) is 4.79 Å². The molecule has 1 aliphatic carbocycles. The highest BCUT2D eigenvalue weighted by Crippen LogP contribution is 2.45. The lowest BCUT2D eigenvalue weighted by Crippen LogP contribution is -2.51. The van der Waals surface area contributed by atoms with E-state index in [1.165, 1.54) is 6.42 Å². The van der Waals surface area contributed by atoms with Crippen LogP contribution in [0.4, 0.5) is 4.79 Å². The molecule has 1 spiro atoms. The van der Waals surface area contributed by atoms with E-state index in [1.54, 1.807) is 0 Å². The van der Waals surface area contributed by atoms with Crippen molar-refractivity contribution in [2.75, 3.05) is 19.8 Å². The van der Waals surface area contributed by atoms with Gasteiger partial charge in [0.2, 0.25) is 0 Å². The van der Waals surface area contributed by atoms with Gasteiger partial charge in [0.1, 0.15) is 0 Å². The maximum Gasteiger partial charge on any atom is 0.315 e. The standard InChI is InChI=1S/C18H26N2O3/c21-13-15(14-5-2-1-3-6-14)19-17(22)20-16-7-4-8-18(16)9-11-23-12-10-18/h1-3,5-6,15-16,21H,4,7-13H2,(H2,19,20,22)/t15-,16+/m1/s1. The fourth-order valence-corrected chi connectivity index (χ4v) is 4.02. The van der Waals surface area contributed by atoms with E-state index < -0.39 is 0 Å². The van der Waals surface area contributed by atoms with Crippen LogP contribution in [-0.2, 0) is 4.74 Å². The quantitative estimate of drug-likeness (QED) is 0.798. The van der Waals surface area contributed by atoms with Crippen molar-refractivity contribution in [3.63, 3.8) is 0 Å². The van der Waals surface area contributed by atoms with Crippen LogP contribution in [0.1, 0.15) is 43.7 Å². The molecule has 23 heavy (non-hydrogen) atoms. The molecule has 1 aromatic rings. The minimum absolute atomic E-state index is 0.110. The zero-order chi connectivity index (χ0) is 16.1. The number of ether oxygens (including phenoxy) is 1. The van der Waals surface area contributed by atoms with Crippen molar-refractivity contribution in [1.82, 2.24) is 10.6 Å². The van der Waals surface area contributed by atoms with Crippen LogP contribution >= 0.6 is 0 Å². The molecular weight excluding hydrogens is 292 g/mol. The van der Waals surface area contributed by atoms with Crippen molar-refractivity contribution < 1.29 is 14.6 Å². The van der Waals surface area contributed by atoms with E-state index >= 15 is 0 Å². The summed E-state index contributed by atoms with van der Waals surface area (Å²) in [7, 11) is 0. The number of aliphatic hydroxyl groups excluding tert-OH is 1. The molecule has 2 amide bonds. The molecule has 1 heterocycles. The Hall–Kier alpha value is -1.59. The van der Waals surface area contributed by atoms with Crippen molar-refractivity contribution >= 4 is 6.03 Å². The van der Waals surface area contributed by atoms with Crippen molar-refractivity contribution in [2.45, 2.75) is 44.2 Å². The second kappa shape index (κ2) is 7.32. The molecule has 3 rings (SSSR count). The number of hydrogen-bond donors (Lipinski definition) is 3. The Morgan fingerprint density at radius 2 is 2.00 bits per heavy atom. The number of carbonyl (C=O) groups excluding carboxylic acids is 1. The number of hydrogen-bond acceptors (Lipinski definition) is 3. The van der Waals surface area contributed by atoms with Crippen LogP contribution in [0.3, 0.4) is 0 Å². The fourth-order valence-electron chi connectivity index (χ4n) is 4.02. The normalized spacial score (nSPS) is 24.3. The highest BCUT2D eigenvalue weighted by atomic mass is 16.5. The summed E-state index contributed by atoms with van der Waals surface area (Å²) in [5, 5.41) is 15.6. The fraction of sp³-hybridized carbons (Fsp3) is 0.611. The molecule has 5 heteroatoms. The summed E-state index contributed by atoms with van der Waals surface area (Å²) < 4.78 is 5.49. The first-order valence-corrected chi connectivity index (χ1v) is 8.54. The molecule has 0 aromatic heterocycles. The Kier molecular flexibility index (Phi) is 5.18. The Balaban J connectivity index is 1.60. The van der Waals surface area contributed by atoms with E-state index in [-0.39, 0.29) is 30.1 Å². The number of benzene rings is 1. The second-order valence-corrected chi connectivity index (χ2v) is 6.68. The third kappa shape index (κ3) is 3.67. The van der Waals surface area contributed by atoms with Crippen LogP contribution in [0.2, 0.25) is 0 Å². The molecule has 126 valence electrons. The molecule has 0 unspecified atom stereocenters. The molecule has 3 N–H and O–H groups in total. The van der Waals surface area contributed by atoms with E-state index in [1.807, 2.05) is 30.3 Å². The maximum atomic E-state index is 12.4. The molecule has 2 fully saturated rings. The Labute approximate surface area is 137 Å². The number of carbonyl (C=O) groups is 1. The Morgan fingerprint density at radius 1 is 1.26 bits per heavy atom. The van der Waals surface area contributed by atoms with Gasteiger partial charge in [-0.2, -0.15) is 0 Å². The second-order valence-electron chi connectivity index (χ2n) is 6.68. The van der Waals surface area contributed by atoms with E-state index in [4.69, 9.17) is 4.74 Å². The summed E-state index contributed by atoms with van der Waals surface area (Å²) in [6.45, 7) is 1.48. The van der Waals surface area contributed by atoms with E-state index in [2.05, 4.69) is 10.6 Å². The zero-order valence-electron chi connectivity index (χ0n) is 13.5. The van der Waals surface area contributed by atoms with Gasteiger partial charge in [0.05, 0.1) is 12.6 Å². The van der Waals surface area contributed by atoms with E-state index in [9.17, 15) is 9.90 Å². The summed E-state index contributed by atoms with van der Waals surface area (Å²) in [6, 6.07) is 9.21. The summed E-state index contributed by atoms with van der Waals surface area (Å²) in [6.07, 6.45) is 5.42. The molecule has 5 nitrogen and oxygen atoms in total. The third-order valence-electron chi connectivity index (χ3n) is 5.39. The molecule has 0 bridgehead atoms. The average Bonchev–Trinajstić information content (AvgIpc) is 2.96. The van der Waals surface area contributed by atoms with Crippen molar-refractivity contribution in [1.29, 1.82) is 0 Å². The summed E-state index contributed by atoms with van der Waals surface area (Å²) >= 11 is 0. The number of aliphatic hydroxyl groups is 1. The molecule has 1 saturated carbocycles. The van der Waals surface area contributed by atoms with Gasteiger partial charge in [0.25, 0.3) is 0 Å². The smallest absolute Gasteiger partial charge is 0.315 e. The molecule has 1 aliphatic heterocycles. The third-order valence-corrected chi connectivity index (χ3v) is 5.39. The van der Waals surface area contributed by atoms with Crippen molar-refractivity contribution in [3.05, 3.63) is 35.9 Å². The van der Waals surface area contributed by atoms with Gasteiger partial charge in [-0.3, -0.25) is 0 Å². The first kappa shape index (κ1) is 16.3. The highest BCUT2D eigenvalue weighted by Gasteiger charge is 2.44. The molecule has 1 aromatic carbocycles. The summed E-state index contributed by atoms with van der Waals surface area (Å²) in [5.74, 6) is 0. The van der Waals surface area contributed by atoms with Crippen LogP contribution < -0.4 is 10.6 Å². The zero-order valence-corrected chi connectivity index (χ0v) is 13.5. The van der Waals surface area contributed by atoms with Gasteiger partial charge in [-0.05, 0) is 36.7 Å². The number of rotatable bonds is 4. The number of urea groups is 1.